The standard InChI is InChI=1S/C12H27N3O2S/c1-12(11-15-8-4-5-9-15)14-18(16,17)10-6-3-7-13-2/h12-14H,3-11H2,1-2H3. The molecule has 108 valence electrons. The minimum Gasteiger partial charge on any atom is -0.320 e. The van der Waals surface area contributed by atoms with E-state index in [1.807, 2.05) is 14.0 Å². The molecule has 1 rings (SSSR count). The summed E-state index contributed by atoms with van der Waals surface area (Å²) < 4.78 is 26.4. The quantitative estimate of drug-likeness (QED) is 0.599. The molecule has 1 aliphatic rings. The van der Waals surface area contributed by atoms with Crippen molar-refractivity contribution in [2.75, 3.05) is 39.0 Å². The second kappa shape index (κ2) is 8.09. The van der Waals surface area contributed by atoms with E-state index in [2.05, 4.69) is 14.9 Å². The average molecular weight is 277 g/mol. The number of rotatable bonds is 9. The zero-order valence-corrected chi connectivity index (χ0v) is 12.4. The normalized spacial score (nSPS) is 19.2. The SMILES string of the molecule is CNCCCCS(=O)(=O)NC(C)CN1CCCC1. The van der Waals surface area contributed by atoms with Crippen LogP contribution in [0.4, 0.5) is 0 Å². The molecule has 0 aromatic rings. The van der Waals surface area contributed by atoms with Crippen molar-refractivity contribution in [3.05, 3.63) is 0 Å². The molecule has 5 nitrogen and oxygen atoms in total. The number of nitrogens with one attached hydrogen (secondary N) is 2. The summed E-state index contributed by atoms with van der Waals surface area (Å²) in [5.74, 6) is 0.235. The summed E-state index contributed by atoms with van der Waals surface area (Å²) in [6.07, 6.45) is 4.09. The van der Waals surface area contributed by atoms with Crippen molar-refractivity contribution in [2.24, 2.45) is 0 Å². The number of hydrogen-bond donors (Lipinski definition) is 2. The fourth-order valence-electron chi connectivity index (χ4n) is 2.35. The molecule has 0 aliphatic carbocycles. The van der Waals surface area contributed by atoms with E-state index in [1.165, 1.54) is 12.8 Å². The second-order valence-corrected chi connectivity index (χ2v) is 7.03. The molecule has 6 heteroatoms. The number of nitrogens with zero attached hydrogens (tertiary/aromatic N) is 1. The Morgan fingerprint density at radius 2 is 1.89 bits per heavy atom. The van der Waals surface area contributed by atoms with Crippen LogP contribution in [0, 0.1) is 0 Å². The highest BCUT2D eigenvalue weighted by Gasteiger charge is 2.18. The Labute approximate surface area is 111 Å². The van der Waals surface area contributed by atoms with E-state index in [1.54, 1.807) is 0 Å². The topological polar surface area (TPSA) is 61.4 Å². The number of sulfonamides is 1. The molecule has 0 aromatic carbocycles. The van der Waals surface area contributed by atoms with Gasteiger partial charge < -0.3 is 10.2 Å². The van der Waals surface area contributed by atoms with Gasteiger partial charge in [-0.05, 0) is 59.3 Å². The summed E-state index contributed by atoms with van der Waals surface area (Å²) in [4.78, 5) is 2.33. The van der Waals surface area contributed by atoms with Gasteiger partial charge in [0.25, 0.3) is 0 Å². The van der Waals surface area contributed by atoms with Crippen LogP contribution < -0.4 is 10.0 Å². The molecule has 0 aromatic heterocycles. The molecule has 1 unspecified atom stereocenters. The first-order chi connectivity index (χ1) is 8.53. The van der Waals surface area contributed by atoms with Crippen molar-refractivity contribution >= 4 is 10.0 Å². The summed E-state index contributed by atoms with van der Waals surface area (Å²) in [7, 11) is -1.23. The van der Waals surface area contributed by atoms with Gasteiger partial charge >= 0.3 is 0 Å². The third-order valence-corrected chi connectivity index (χ3v) is 4.79. The lowest BCUT2D eigenvalue weighted by Gasteiger charge is -2.21. The maximum absolute atomic E-state index is 11.8. The van der Waals surface area contributed by atoms with Gasteiger partial charge in [0.2, 0.25) is 10.0 Å². The number of hydrogen-bond acceptors (Lipinski definition) is 4. The first-order valence-electron chi connectivity index (χ1n) is 6.90. The van der Waals surface area contributed by atoms with Gasteiger partial charge in [-0.3, -0.25) is 0 Å². The van der Waals surface area contributed by atoms with E-state index in [9.17, 15) is 8.42 Å². The predicted molar refractivity (Wildman–Crippen MR) is 75.2 cm³/mol. The molecule has 0 amide bonds. The summed E-state index contributed by atoms with van der Waals surface area (Å²) in [6, 6.07) is 0.0115. The Bertz CT molecular complexity index is 313. The van der Waals surface area contributed by atoms with E-state index in [0.29, 0.717) is 6.42 Å². The van der Waals surface area contributed by atoms with Crippen LogP contribution in [-0.2, 0) is 10.0 Å². The van der Waals surface area contributed by atoms with Gasteiger partial charge in [-0.15, -0.1) is 0 Å². The Morgan fingerprint density at radius 1 is 1.22 bits per heavy atom. The molecule has 1 atom stereocenters. The van der Waals surface area contributed by atoms with Crippen LogP contribution in [-0.4, -0.2) is 58.3 Å². The summed E-state index contributed by atoms with van der Waals surface area (Å²) in [5.41, 5.74) is 0. The molecule has 1 heterocycles. The molecule has 0 bridgehead atoms. The smallest absolute Gasteiger partial charge is 0.211 e. The lowest BCUT2D eigenvalue weighted by atomic mass is 10.3. The van der Waals surface area contributed by atoms with Crippen molar-refractivity contribution in [1.82, 2.24) is 14.9 Å². The van der Waals surface area contributed by atoms with E-state index < -0.39 is 10.0 Å². The highest BCUT2D eigenvalue weighted by molar-refractivity contribution is 7.89. The monoisotopic (exact) mass is 277 g/mol. The van der Waals surface area contributed by atoms with Gasteiger partial charge in [-0.1, -0.05) is 0 Å². The molecule has 18 heavy (non-hydrogen) atoms. The van der Waals surface area contributed by atoms with Gasteiger partial charge in [-0.25, -0.2) is 13.1 Å². The zero-order valence-electron chi connectivity index (χ0n) is 11.6. The lowest BCUT2D eigenvalue weighted by Crippen LogP contribution is -2.41. The van der Waals surface area contributed by atoms with Crippen LogP contribution in [0.5, 0.6) is 0 Å². The molecule has 1 fully saturated rings. The second-order valence-electron chi connectivity index (χ2n) is 5.16. The van der Waals surface area contributed by atoms with Crippen LogP contribution in [0.1, 0.15) is 32.6 Å². The summed E-state index contributed by atoms with van der Waals surface area (Å²) in [6.45, 7) is 5.86. The molecule has 0 radical (unpaired) electrons. The van der Waals surface area contributed by atoms with Crippen molar-refractivity contribution in [3.8, 4) is 0 Å². The van der Waals surface area contributed by atoms with Crippen molar-refractivity contribution in [3.63, 3.8) is 0 Å². The highest BCUT2D eigenvalue weighted by Crippen LogP contribution is 2.08. The molecule has 0 spiro atoms. The van der Waals surface area contributed by atoms with Crippen LogP contribution >= 0.6 is 0 Å². The molecule has 0 saturated carbocycles. The summed E-state index contributed by atoms with van der Waals surface area (Å²) >= 11 is 0. The summed E-state index contributed by atoms with van der Waals surface area (Å²) in [5, 5.41) is 3.02. The Kier molecular flexibility index (Phi) is 7.14. The predicted octanol–water partition coefficient (Wildman–Crippen LogP) is 0.390. The van der Waals surface area contributed by atoms with E-state index in [4.69, 9.17) is 0 Å². The largest absolute Gasteiger partial charge is 0.320 e. The fourth-order valence-corrected chi connectivity index (χ4v) is 3.74. The van der Waals surface area contributed by atoms with Crippen molar-refractivity contribution < 1.29 is 8.42 Å². The first kappa shape index (κ1) is 15.9. The minimum absolute atomic E-state index is 0.0115. The zero-order chi connectivity index (χ0) is 13.4. The van der Waals surface area contributed by atoms with Crippen LogP contribution in [0.2, 0.25) is 0 Å². The first-order valence-corrected chi connectivity index (χ1v) is 8.55. The fraction of sp³-hybridized carbons (Fsp3) is 1.00. The van der Waals surface area contributed by atoms with E-state index >= 15 is 0 Å². The van der Waals surface area contributed by atoms with Crippen LogP contribution in [0.3, 0.4) is 0 Å². The minimum atomic E-state index is -3.11. The van der Waals surface area contributed by atoms with Crippen LogP contribution in [0.15, 0.2) is 0 Å². The maximum Gasteiger partial charge on any atom is 0.211 e. The van der Waals surface area contributed by atoms with Gasteiger partial charge in [0, 0.05) is 12.6 Å². The molecule has 1 aliphatic heterocycles. The molecule has 2 N–H and O–H groups in total. The molecular weight excluding hydrogens is 250 g/mol. The van der Waals surface area contributed by atoms with Gasteiger partial charge in [0.05, 0.1) is 5.75 Å². The van der Waals surface area contributed by atoms with Crippen LogP contribution in [0.25, 0.3) is 0 Å². The maximum atomic E-state index is 11.8. The highest BCUT2D eigenvalue weighted by atomic mass is 32.2. The average Bonchev–Trinajstić information content (AvgIpc) is 2.76. The third kappa shape index (κ3) is 6.68. The number of likely N-dealkylation sites (tertiary alicyclic amines) is 1. The Hall–Kier alpha value is -0.170. The number of unbranched alkanes of at least 4 members (excludes halogenated alkanes) is 1. The van der Waals surface area contributed by atoms with E-state index in [-0.39, 0.29) is 11.8 Å². The van der Waals surface area contributed by atoms with Gasteiger partial charge in [-0.2, -0.15) is 0 Å². The third-order valence-electron chi connectivity index (χ3n) is 3.20. The molecule has 1 saturated heterocycles. The van der Waals surface area contributed by atoms with Gasteiger partial charge in [0.1, 0.15) is 0 Å². The van der Waals surface area contributed by atoms with Crippen molar-refractivity contribution in [2.45, 2.75) is 38.6 Å². The Morgan fingerprint density at radius 3 is 2.50 bits per heavy atom. The van der Waals surface area contributed by atoms with Crippen molar-refractivity contribution in [1.29, 1.82) is 0 Å². The Balaban J connectivity index is 2.21. The van der Waals surface area contributed by atoms with Gasteiger partial charge in [0.15, 0.2) is 0 Å². The van der Waals surface area contributed by atoms with E-state index in [0.717, 1.165) is 32.6 Å². The lowest BCUT2D eigenvalue weighted by molar-refractivity contribution is 0.312. The molecular formula is C12H27N3O2S.